The van der Waals surface area contributed by atoms with Gasteiger partial charge in [-0.15, -0.1) is 0 Å². The third kappa shape index (κ3) is 5.52. The Labute approximate surface area is 221 Å². The highest BCUT2D eigenvalue weighted by Crippen LogP contribution is 2.42. The van der Waals surface area contributed by atoms with Crippen LogP contribution in [0.4, 0.5) is 0 Å². The number of carbonyl (C=O) groups is 1. The van der Waals surface area contributed by atoms with E-state index >= 15 is 0 Å². The molecule has 0 saturated carbocycles. The smallest absolute Gasteiger partial charge is 0.217 e. The summed E-state index contributed by atoms with van der Waals surface area (Å²) in [6.45, 7) is 1.05. The van der Waals surface area contributed by atoms with Gasteiger partial charge in [0.15, 0.2) is 6.29 Å². The molecule has 1 aliphatic heterocycles. The van der Waals surface area contributed by atoms with E-state index in [1.807, 2.05) is 78.9 Å². The van der Waals surface area contributed by atoms with Gasteiger partial charge in [0.1, 0.15) is 41.5 Å². The van der Waals surface area contributed by atoms with Crippen LogP contribution in [0.5, 0.6) is 11.5 Å². The summed E-state index contributed by atoms with van der Waals surface area (Å²) in [5.74, 6) is 0.874. The summed E-state index contributed by atoms with van der Waals surface area (Å²) in [4.78, 5) is 11.5. The molecule has 0 bridgehead atoms. The van der Waals surface area contributed by atoms with Crippen molar-refractivity contribution < 1.29 is 39.1 Å². The van der Waals surface area contributed by atoms with Gasteiger partial charge in [0, 0.05) is 6.92 Å². The van der Waals surface area contributed by atoms with E-state index in [4.69, 9.17) is 18.9 Å². The fourth-order valence-electron chi connectivity index (χ4n) is 4.76. The zero-order valence-corrected chi connectivity index (χ0v) is 21.5. The molecule has 9 heteroatoms. The van der Waals surface area contributed by atoms with Gasteiger partial charge in [-0.25, -0.2) is 0 Å². The number of ether oxygens (including phenoxy) is 4. The SMILES string of the molecule is COc1ccc(C(OC[C@H]2O[C@H](O)[C@H](NC(C)=O)[C@@H](O)[C@H]2O)(c2ccccc2)c2ccc(OC)cc2)cc1. The molecular formula is C29H33NO8. The molecule has 38 heavy (non-hydrogen) atoms. The summed E-state index contributed by atoms with van der Waals surface area (Å²) >= 11 is 0. The van der Waals surface area contributed by atoms with Crippen LogP contribution in [0.25, 0.3) is 0 Å². The molecule has 3 aromatic rings. The number of nitrogens with one attached hydrogen (secondary N) is 1. The van der Waals surface area contributed by atoms with Crippen molar-refractivity contribution in [2.75, 3.05) is 20.8 Å². The second kappa shape index (κ2) is 11.9. The first-order valence-corrected chi connectivity index (χ1v) is 12.3. The van der Waals surface area contributed by atoms with Crippen LogP contribution in [0.1, 0.15) is 23.6 Å². The molecule has 202 valence electrons. The molecule has 0 unspecified atom stereocenters. The molecule has 4 rings (SSSR count). The fraction of sp³-hybridized carbons (Fsp3) is 0.345. The van der Waals surface area contributed by atoms with Crippen LogP contribution < -0.4 is 14.8 Å². The minimum absolute atomic E-state index is 0.199. The van der Waals surface area contributed by atoms with E-state index < -0.39 is 42.2 Å². The Hall–Kier alpha value is -3.47. The van der Waals surface area contributed by atoms with Crippen molar-refractivity contribution >= 4 is 5.91 Å². The maximum absolute atomic E-state index is 11.5. The van der Waals surface area contributed by atoms with Crippen molar-refractivity contribution in [3.63, 3.8) is 0 Å². The van der Waals surface area contributed by atoms with Gasteiger partial charge in [0.2, 0.25) is 5.91 Å². The van der Waals surface area contributed by atoms with Gasteiger partial charge >= 0.3 is 0 Å². The molecule has 0 aromatic heterocycles. The third-order valence-electron chi connectivity index (χ3n) is 6.73. The number of methoxy groups -OCH3 is 2. The highest BCUT2D eigenvalue weighted by molar-refractivity contribution is 5.73. The molecule has 0 spiro atoms. The molecule has 1 heterocycles. The molecule has 1 aliphatic rings. The van der Waals surface area contributed by atoms with Crippen LogP contribution in [0.2, 0.25) is 0 Å². The van der Waals surface area contributed by atoms with Crippen molar-refractivity contribution in [2.45, 2.75) is 43.2 Å². The van der Waals surface area contributed by atoms with Crippen LogP contribution in [0.3, 0.4) is 0 Å². The van der Waals surface area contributed by atoms with E-state index in [1.165, 1.54) is 6.92 Å². The Bertz CT molecular complexity index is 1140. The van der Waals surface area contributed by atoms with Crippen molar-refractivity contribution in [3.8, 4) is 11.5 Å². The molecule has 1 fully saturated rings. The number of amides is 1. The first kappa shape index (κ1) is 27.6. The second-order valence-electron chi connectivity index (χ2n) is 9.09. The largest absolute Gasteiger partial charge is 0.497 e. The molecule has 3 aromatic carbocycles. The molecule has 1 saturated heterocycles. The highest BCUT2D eigenvalue weighted by Gasteiger charge is 2.46. The van der Waals surface area contributed by atoms with Gasteiger partial charge < -0.3 is 39.6 Å². The molecular weight excluding hydrogens is 490 g/mol. The van der Waals surface area contributed by atoms with E-state index in [9.17, 15) is 20.1 Å². The Morgan fingerprint density at radius 1 is 0.816 bits per heavy atom. The molecule has 1 amide bonds. The number of rotatable bonds is 9. The third-order valence-corrected chi connectivity index (χ3v) is 6.73. The van der Waals surface area contributed by atoms with Crippen molar-refractivity contribution in [1.82, 2.24) is 5.32 Å². The van der Waals surface area contributed by atoms with Gasteiger partial charge in [-0.3, -0.25) is 4.79 Å². The van der Waals surface area contributed by atoms with E-state index in [-0.39, 0.29) is 6.61 Å². The lowest BCUT2D eigenvalue weighted by molar-refractivity contribution is -0.261. The summed E-state index contributed by atoms with van der Waals surface area (Å²) in [5, 5.41) is 34.4. The monoisotopic (exact) mass is 523 g/mol. The van der Waals surface area contributed by atoms with E-state index in [0.29, 0.717) is 11.5 Å². The average Bonchev–Trinajstić information content (AvgIpc) is 2.95. The van der Waals surface area contributed by atoms with Gasteiger partial charge in [-0.2, -0.15) is 0 Å². The van der Waals surface area contributed by atoms with Crippen molar-refractivity contribution in [3.05, 3.63) is 95.6 Å². The summed E-state index contributed by atoms with van der Waals surface area (Å²) in [7, 11) is 3.18. The minimum atomic E-state index is -1.54. The molecule has 0 radical (unpaired) electrons. The number of benzene rings is 3. The topological polar surface area (TPSA) is 127 Å². The van der Waals surface area contributed by atoms with Crippen LogP contribution in [-0.4, -0.2) is 72.7 Å². The lowest BCUT2D eigenvalue weighted by atomic mass is 9.80. The normalized spacial score (nSPS) is 23.5. The van der Waals surface area contributed by atoms with Crippen LogP contribution in [-0.2, 0) is 19.9 Å². The Morgan fingerprint density at radius 3 is 1.79 bits per heavy atom. The maximum atomic E-state index is 11.5. The standard InChI is InChI=1S/C29H33NO8/c1-18(31)30-25-27(33)26(32)24(38-28(25)34)17-37-29(19-7-5-4-6-8-19,20-9-13-22(35-2)14-10-20)21-11-15-23(36-3)16-12-21/h4-16,24-28,32-34H,17H2,1-3H3,(H,30,31)/t24-,25-,26+,27-,28+/m1/s1. The lowest BCUT2D eigenvalue weighted by Crippen LogP contribution is -2.64. The Balaban J connectivity index is 1.76. The number of hydrogen-bond acceptors (Lipinski definition) is 8. The fourth-order valence-corrected chi connectivity index (χ4v) is 4.76. The Kier molecular flexibility index (Phi) is 8.65. The lowest BCUT2D eigenvalue weighted by Gasteiger charge is -2.43. The molecule has 4 N–H and O–H groups in total. The van der Waals surface area contributed by atoms with Crippen LogP contribution in [0.15, 0.2) is 78.9 Å². The van der Waals surface area contributed by atoms with Gasteiger partial charge in [0.05, 0.1) is 20.8 Å². The predicted molar refractivity (Wildman–Crippen MR) is 139 cm³/mol. The Morgan fingerprint density at radius 2 is 1.32 bits per heavy atom. The van der Waals surface area contributed by atoms with Crippen molar-refractivity contribution in [1.29, 1.82) is 0 Å². The molecule has 9 nitrogen and oxygen atoms in total. The van der Waals surface area contributed by atoms with Crippen molar-refractivity contribution in [2.24, 2.45) is 0 Å². The van der Waals surface area contributed by atoms with E-state index in [2.05, 4.69) is 5.32 Å². The number of carbonyl (C=O) groups excluding carboxylic acids is 1. The number of aliphatic hydroxyl groups is 3. The van der Waals surface area contributed by atoms with Gasteiger partial charge in [-0.05, 0) is 41.0 Å². The number of aliphatic hydroxyl groups excluding tert-OH is 3. The maximum Gasteiger partial charge on any atom is 0.217 e. The highest BCUT2D eigenvalue weighted by atomic mass is 16.6. The van der Waals surface area contributed by atoms with Gasteiger partial charge in [-0.1, -0.05) is 54.6 Å². The first-order valence-electron chi connectivity index (χ1n) is 12.3. The number of hydrogen-bond donors (Lipinski definition) is 4. The first-order chi connectivity index (χ1) is 18.3. The molecule has 0 aliphatic carbocycles. The summed E-state index contributed by atoms with van der Waals surface area (Å²) < 4.78 is 23.0. The zero-order valence-electron chi connectivity index (χ0n) is 21.5. The molecule has 5 atom stereocenters. The second-order valence-corrected chi connectivity index (χ2v) is 9.09. The van der Waals surface area contributed by atoms with Gasteiger partial charge in [0.25, 0.3) is 0 Å². The van der Waals surface area contributed by atoms with Crippen LogP contribution in [0, 0.1) is 0 Å². The summed E-state index contributed by atoms with van der Waals surface area (Å²) in [6.07, 6.45) is -5.54. The van der Waals surface area contributed by atoms with E-state index in [0.717, 1.165) is 16.7 Å². The average molecular weight is 524 g/mol. The zero-order chi connectivity index (χ0) is 27.3. The quantitative estimate of drug-likeness (QED) is 0.314. The van der Waals surface area contributed by atoms with Crippen LogP contribution >= 0.6 is 0 Å². The predicted octanol–water partition coefficient (Wildman–Crippen LogP) is 1.96. The summed E-state index contributed by atoms with van der Waals surface area (Å²) in [5.41, 5.74) is 1.18. The van der Waals surface area contributed by atoms with E-state index in [1.54, 1.807) is 14.2 Å². The summed E-state index contributed by atoms with van der Waals surface area (Å²) in [6, 6.07) is 23.3. The minimum Gasteiger partial charge on any atom is -0.497 e.